The van der Waals surface area contributed by atoms with Gasteiger partial charge in [0, 0.05) is 5.56 Å². The molecular formula is C21H16Cl2N4O3. The summed E-state index contributed by atoms with van der Waals surface area (Å²) in [4.78, 5) is 0. The van der Waals surface area contributed by atoms with Gasteiger partial charge in [-0.25, -0.2) is 0 Å². The number of nitrogens with one attached hydrogen (secondary N) is 1. The molecule has 0 spiro atoms. The number of nitrogens with zero attached hydrogens (tertiary/aromatic N) is 2. The molecule has 4 rings (SSSR count). The molecule has 0 aliphatic carbocycles. The summed E-state index contributed by atoms with van der Waals surface area (Å²) in [5, 5.41) is 27.9. The molecule has 1 atom stereocenters. The molecule has 2 aromatic carbocycles. The van der Waals surface area contributed by atoms with E-state index in [-0.39, 0.29) is 23.1 Å². The van der Waals surface area contributed by atoms with Crippen LogP contribution >= 0.6 is 23.2 Å². The van der Waals surface area contributed by atoms with Gasteiger partial charge in [-0.3, -0.25) is 5.10 Å². The summed E-state index contributed by atoms with van der Waals surface area (Å²) in [6.07, 6.45) is 0. The Kier molecular flexibility index (Phi) is 5.20. The van der Waals surface area contributed by atoms with Crippen molar-refractivity contribution in [3.63, 3.8) is 0 Å². The second-order valence-corrected chi connectivity index (χ2v) is 7.35. The number of phenols is 1. The summed E-state index contributed by atoms with van der Waals surface area (Å²) in [5.74, 6) is -0.0719. The highest BCUT2D eigenvalue weighted by Crippen LogP contribution is 2.47. The lowest BCUT2D eigenvalue weighted by molar-refractivity contribution is 0.317. The van der Waals surface area contributed by atoms with Crippen LogP contribution in [-0.2, 0) is 0 Å². The number of H-pyrrole nitrogens is 1. The summed E-state index contributed by atoms with van der Waals surface area (Å²) < 4.78 is 11.1. The number of nitrogens with two attached hydrogens (primary N) is 1. The first kappa shape index (κ1) is 20.0. The lowest BCUT2D eigenvalue weighted by Gasteiger charge is -2.24. The monoisotopic (exact) mass is 442 g/mol. The van der Waals surface area contributed by atoms with Crippen molar-refractivity contribution < 1.29 is 14.6 Å². The summed E-state index contributed by atoms with van der Waals surface area (Å²) >= 11 is 12.2. The minimum Gasteiger partial charge on any atom is -0.504 e. The third kappa shape index (κ3) is 3.30. The fourth-order valence-corrected chi connectivity index (χ4v) is 3.73. The summed E-state index contributed by atoms with van der Waals surface area (Å²) in [6, 6.07) is 12.2. The first-order valence-corrected chi connectivity index (χ1v) is 9.77. The molecule has 152 valence electrons. The number of aromatic amines is 1. The molecule has 0 saturated carbocycles. The van der Waals surface area contributed by atoms with Crippen LogP contribution in [0.25, 0.3) is 11.3 Å². The number of fused-ring (bicyclic) bond motifs is 1. The molecule has 0 saturated heterocycles. The highest BCUT2D eigenvalue weighted by molar-refractivity contribution is 6.42. The zero-order valence-electron chi connectivity index (χ0n) is 15.7. The number of rotatable bonds is 4. The molecule has 4 N–H and O–H groups in total. The average molecular weight is 443 g/mol. The summed E-state index contributed by atoms with van der Waals surface area (Å²) in [5.41, 5.74) is 8.86. The molecule has 1 aliphatic heterocycles. The van der Waals surface area contributed by atoms with Crippen LogP contribution in [0.2, 0.25) is 10.0 Å². The molecule has 0 bridgehead atoms. The maximum Gasteiger partial charge on any atom is 0.244 e. The lowest BCUT2D eigenvalue weighted by atomic mass is 9.83. The first-order valence-electron chi connectivity index (χ1n) is 9.01. The van der Waals surface area contributed by atoms with Crippen LogP contribution in [0.5, 0.6) is 17.4 Å². The largest absolute Gasteiger partial charge is 0.504 e. The van der Waals surface area contributed by atoms with Gasteiger partial charge in [-0.1, -0.05) is 35.3 Å². The van der Waals surface area contributed by atoms with Gasteiger partial charge in [0.2, 0.25) is 11.8 Å². The molecule has 0 radical (unpaired) electrons. The Balaban J connectivity index is 1.93. The smallest absolute Gasteiger partial charge is 0.244 e. The average Bonchev–Trinajstić information content (AvgIpc) is 3.14. The van der Waals surface area contributed by atoms with E-state index in [4.69, 9.17) is 38.4 Å². The summed E-state index contributed by atoms with van der Waals surface area (Å²) in [7, 11) is 0. The number of allylic oxidation sites excluding steroid dienone is 1. The molecule has 1 aromatic heterocycles. The second-order valence-electron chi connectivity index (χ2n) is 6.53. The number of aromatic hydroxyl groups is 1. The van der Waals surface area contributed by atoms with E-state index >= 15 is 0 Å². The van der Waals surface area contributed by atoms with E-state index in [1.165, 1.54) is 6.07 Å². The third-order valence-electron chi connectivity index (χ3n) is 4.76. The SMILES string of the molecule is CCOc1cc([C@H]2C(C#N)=C(N)Oc3n[nH]c(-c4ccc(Cl)c(Cl)c4)c32)ccc1O. The zero-order valence-corrected chi connectivity index (χ0v) is 17.3. The van der Waals surface area contributed by atoms with Gasteiger partial charge in [0.1, 0.15) is 11.6 Å². The number of aromatic nitrogens is 2. The van der Waals surface area contributed by atoms with Crippen molar-refractivity contribution in [2.24, 2.45) is 5.73 Å². The fraction of sp³-hybridized carbons (Fsp3) is 0.143. The molecule has 30 heavy (non-hydrogen) atoms. The molecule has 1 aliphatic rings. The van der Waals surface area contributed by atoms with Crippen molar-refractivity contribution in [2.45, 2.75) is 12.8 Å². The topological polar surface area (TPSA) is 117 Å². The Morgan fingerprint density at radius 3 is 2.77 bits per heavy atom. The molecular weight excluding hydrogens is 427 g/mol. The number of benzene rings is 2. The summed E-state index contributed by atoms with van der Waals surface area (Å²) in [6.45, 7) is 2.19. The maximum absolute atomic E-state index is 10.1. The lowest BCUT2D eigenvalue weighted by Crippen LogP contribution is -2.21. The second kappa shape index (κ2) is 7.82. The van der Waals surface area contributed by atoms with Crippen molar-refractivity contribution in [1.29, 1.82) is 5.26 Å². The van der Waals surface area contributed by atoms with Gasteiger partial charge in [-0.15, -0.1) is 5.10 Å². The Morgan fingerprint density at radius 2 is 2.07 bits per heavy atom. The number of phenolic OH excluding ortho intramolecular Hbond substituents is 1. The predicted octanol–water partition coefficient (Wildman–Crippen LogP) is 4.71. The molecule has 2 heterocycles. The van der Waals surface area contributed by atoms with Crippen molar-refractivity contribution in [3.8, 4) is 34.7 Å². The van der Waals surface area contributed by atoms with E-state index in [1.807, 2.05) is 6.92 Å². The number of hydrogen-bond donors (Lipinski definition) is 3. The van der Waals surface area contributed by atoms with E-state index in [2.05, 4.69) is 16.3 Å². The molecule has 9 heteroatoms. The maximum atomic E-state index is 10.1. The van der Waals surface area contributed by atoms with Gasteiger partial charge in [0.15, 0.2) is 11.5 Å². The highest BCUT2D eigenvalue weighted by atomic mass is 35.5. The molecule has 0 unspecified atom stereocenters. The molecule has 0 fully saturated rings. The zero-order chi connectivity index (χ0) is 21.4. The molecule has 3 aromatic rings. The van der Waals surface area contributed by atoms with Crippen molar-refractivity contribution in [2.75, 3.05) is 6.61 Å². The number of ether oxygens (including phenoxy) is 2. The Hall–Kier alpha value is -3.34. The third-order valence-corrected chi connectivity index (χ3v) is 5.50. The van der Waals surface area contributed by atoms with E-state index in [9.17, 15) is 10.4 Å². The normalized spacial score (nSPS) is 15.3. The van der Waals surface area contributed by atoms with E-state index < -0.39 is 5.92 Å². The number of halogens is 2. The standard InChI is InChI=1S/C21H16Cl2N4O3/c1-2-29-16-8-10(4-6-15(16)28)17-12(9-24)20(25)30-21-18(17)19(26-27-21)11-3-5-13(22)14(23)7-11/h3-8,17,28H,2,25H2,1H3,(H,26,27)/t17-/m0/s1. The van der Waals surface area contributed by atoms with Gasteiger partial charge in [-0.2, -0.15) is 5.26 Å². The van der Waals surface area contributed by atoms with E-state index in [0.717, 1.165) is 0 Å². The van der Waals surface area contributed by atoms with Crippen molar-refractivity contribution in [3.05, 3.63) is 69.0 Å². The molecule has 0 amide bonds. The van der Waals surface area contributed by atoms with Crippen LogP contribution < -0.4 is 15.2 Å². The van der Waals surface area contributed by atoms with Crippen LogP contribution in [0.15, 0.2) is 47.9 Å². The van der Waals surface area contributed by atoms with Gasteiger partial charge in [-0.05, 0) is 36.8 Å². The van der Waals surface area contributed by atoms with Gasteiger partial charge in [0.05, 0.1) is 33.8 Å². The van der Waals surface area contributed by atoms with E-state index in [1.54, 1.807) is 30.3 Å². The minimum atomic E-state index is -0.596. The fourth-order valence-electron chi connectivity index (χ4n) is 3.43. The van der Waals surface area contributed by atoms with E-state index in [0.29, 0.717) is 44.8 Å². The minimum absolute atomic E-state index is 0.000224. The van der Waals surface area contributed by atoms with Crippen LogP contribution in [0.1, 0.15) is 24.0 Å². The quantitative estimate of drug-likeness (QED) is 0.538. The predicted molar refractivity (Wildman–Crippen MR) is 113 cm³/mol. The van der Waals surface area contributed by atoms with Crippen LogP contribution in [0.4, 0.5) is 0 Å². The highest BCUT2D eigenvalue weighted by Gasteiger charge is 2.36. The Labute approximate surface area is 182 Å². The van der Waals surface area contributed by atoms with Gasteiger partial charge < -0.3 is 20.3 Å². The van der Waals surface area contributed by atoms with Crippen molar-refractivity contribution >= 4 is 23.2 Å². The van der Waals surface area contributed by atoms with Gasteiger partial charge in [0.25, 0.3) is 0 Å². The van der Waals surface area contributed by atoms with Crippen LogP contribution in [0.3, 0.4) is 0 Å². The molecule has 7 nitrogen and oxygen atoms in total. The Bertz CT molecular complexity index is 1210. The Morgan fingerprint density at radius 1 is 1.27 bits per heavy atom. The van der Waals surface area contributed by atoms with Crippen LogP contribution in [0, 0.1) is 11.3 Å². The van der Waals surface area contributed by atoms with Crippen molar-refractivity contribution in [1.82, 2.24) is 10.2 Å². The van der Waals surface area contributed by atoms with Gasteiger partial charge >= 0.3 is 0 Å². The number of nitriles is 1. The number of hydrogen-bond acceptors (Lipinski definition) is 6. The first-order chi connectivity index (χ1) is 14.4. The van der Waals surface area contributed by atoms with Crippen LogP contribution in [-0.4, -0.2) is 21.9 Å².